The van der Waals surface area contributed by atoms with Crippen molar-refractivity contribution in [3.63, 3.8) is 0 Å². The summed E-state index contributed by atoms with van der Waals surface area (Å²) in [6.45, 7) is 1.83. The van der Waals surface area contributed by atoms with E-state index in [1.165, 1.54) is 79.5 Å². The van der Waals surface area contributed by atoms with Crippen molar-refractivity contribution in [2.75, 3.05) is 18.5 Å². The van der Waals surface area contributed by atoms with Gasteiger partial charge in [0.2, 0.25) is 5.91 Å². The molecular formula is C49H49F2N3O14S2. The number of aliphatic hydroxyl groups excluding tert-OH is 4. The third-order valence-electron chi connectivity index (χ3n) is 10.9. The minimum Gasteiger partial charge on any atom is -0.461 e. The quantitative estimate of drug-likeness (QED) is 0.0636. The van der Waals surface area contributed by atoms with Crippen molar-refractivity contribution < 1.29 is 72.1 Å². The number of ether oxygens (including phenoxy) is 4. The summed E-state index contributed by atoms with van der Waals surface area (Å²) in [5, 5.41) is 35.9. The molecule has 0 radical (unpaired) electrons. The van der Waals surface area contributed by atoms with Gasteiger partial charge in [-0.25, -0.2) is 32.8 Å². The van der Waals surface area contributed by atoms with Gasteiger partial charge in [-0.05, 0) is 76.9 Å². The molecule has 0 bridgehead atoms. The number of carbonyl (C=O) groups is 5. The molecule has 2 saturated heterocycles. The van der Waals surface area contributed by atoms with E-state index in [4.69, 9.17) is 29.2 Å². The van der Waals surface area contributed by atoms with Crippen LogP contribution in [0.2, 0.25) is 0 Å². The van der Waals surface area contributed by atoms with Crippen molar-refractivity contribution >= 4 is 59.1 Å². The topological polar surface area (TPSA) is 250 Å². The summed E-state index contributed by atoms with van der Waals surface area (Å²) < 4.78 is 53.2. The van der Waals surface area contributed by atoms with Gasteiger partial charge in [-0.3, -0.25) is 9.36 Å². The minimum atomic E-state index is -1.88. The van der Waals surface area contributed by atoms with Gasteiger partial charge in [0.25, 0.3) is 0 Å². The van der Waals surface area contributed by atoms with Crippen molar-refractivity contribution in [1.82, 2.24) is 9.55 Å². The highest BCUT2D eigenvalue weighted by molar-refractivity contribution is 8.01. The zero-order valence-corrected chi connectivity index (χ0v) is 39.2. The lowest BCUT2D eigenvalue weighted by atomic mass is 10.1. The highest BCUT2D eigenvalue weighted by Gasteiger charge is 2.49. The van der Waals surface area contributed by atoms with Crippen LogP contribution < -0.4 is 11.0 Å². The van der Waals surface area contributed by atoms with Gasteiger partial charge in [0.15, 0.2) is 12.3 Å². The van der Waals surface area contributed by atoms with Crippen LogP contribution in [0.3, 0.4) is 0 Å². The van der Waals surface area contributed by atoms with E-state index in [9.17, 15) is 43.4 Å². The summed E-state index contributed by atoms with van der Waals surface area (Å²) >= 11 is 2.21. The summed E-state index contributed by atoms with van der Waals surface area (Å²) in [5.74, 6) is -3.21. The number of nitrogens with one attached hydrogen (secondary N) is 1. The monoisotopic (exact) mass is 1010 g/mol. The van der Waals surface area contributed by atoms with E-state index < -0.39 is 81.1 Å². The standard InChI is InChI=1S/C27H26FN3O8S.C22H23FO6S/c1-15(34)29-21-10-11-31(27(37)30-21)24-22(28)23(39-26(36)19-8-4-17(13-33)5-9-19)20(40-24)14-38-25(35)18-6-2-16(12-32)3-7-18;1-13-19(23)20(29-22(27)17-8-4-15(11-25)5-9-17)18(30-13)12-28-21(26)16-6-2-14(10-24)3-7-16/h2-11,20,22-24,32-33H,12-14H2,1H3,(H,29,30,34,37);2-9,13,18-20,24-25H,10-12H2,1H3/t20-,22+,23-,24-;13-,18-,19-,20-/m11/s1. The number of nitrogens with zero attached hydrogens (tertiary/aromatic N) is 2. The number of halogens is 2. The predicted molar refractivity (Wildman–Crippen MR) is 252 cm³/mol. The molecule has 370 valence electrons. The number of thioether (sulfide) groups is 2. The third-order valence-corrected chi connectivity index (χ3v) is 13.9. The molecule has 21 heteroatoms. The van der Waals surface area contributed by atoms with Crippen molar-refractivity contribution in [1.29, 1.82) is 0 Å². The molecule has 1 amide bonds. The van der Waals surface area contributed by atoms with Crippen LogP contribution in [-0.4, -0.2) is 113 Å². The van der Waals surface area contributed by atoms with Crippen LogP contribution in [0.4, 0.5) is 14.6 Å². The van der Waals surface area contributed by atoms with Crippen molar-refractivity contribution in [2.45, 2.75) is 85.9 Å². The summed E-state index contributed by atoms with van der Waals surface area (Å²) in [6.07, 6.45) is -4.44. The highest BCUT2D eigenvalue weighted by atomic mass is 32.2. The number of rotatable bonds is 16. The first-order valence-corrected chi connectivity index (χ1v) is 23.5. The molecule has 17 nitrogen and oxygen atoms in total. The normalized spacial score (nSPS) is 21.4. The molecule has 0 unspecified atom stereocenters. The molecule has 2 aliphatic heterocycles. The second-order valence-corrected chi connectivity index (χ2v) is 18.9. The lowest BCUT2D eigenvalue weighted by Gasteiger charge is -2.21. The van der Waals surface area contributed by atoms with Crippen LogP contribution in [0.15, 0.2) is 114 Å². The smallest absolute Gasteiger partial charge is 0.350 e. The van der Waals surface area contributed by atoms with Gasteiger partial charge in [-0.15, -0.1) is 23.5 Å². The average molecular weight is 1010 g/mol. The van der Waals surface area contributed by atoms with Crippen LogP contribution >= 0.6 is 23.5 Å². The Kier molecular flexibility index (Phi) is 18.8. The number of alkyl halides is 2. The molecule has 1 aromatic heterocycles. The number of benzene rings is 4. The molecule has 2 aliphatic rings. The Morgan fingerprint density at radius 2 is 0.957 bits per heavy atom. The van der Waals surface area contributed by atoms with Gasteiger partial charge < -0.3 is 44.7 Å². The molecule has 8 atom stereocenters. The zero-order valence-electron chi connectivity index (χ0n) is 37.6. The maximum Gasteiger partial charge on any atom is 0.350 e. The highest BCUT2D eigenvalue weighted by Crippen LogP contribution is 2.45. The molecule has 2 fully saturated rings. The van der Waals surface area contributed by atoms with Gasteiger partial charge >= 0.3 is 29.6 Å². The summed E-state index contributed by atoms with van der Waals surface area (Å²) in [6, 6.07) is 25.9. The zero-order chi connectivity index (χ0) is 50.5. The van der Waals surface area contributed by atoms with Gasteiger partial charge in [0.05, 0.1) is 59.2 Å². The van der Waals surface area contributed by atoms with E-state index in [0.717, 1.165) is 16.3 Å². The minimum absolute atomic E-state index is 0.000782. The number of carbonyl (C=O) groups excluding carboxylic acids is 5. The average Bonchev–Trinajstić information content (AvgIpc) is 3.83. The van der Waals surface area contributed by atoms with Crippen LogP contribution in [0.25, 0.3) is 0 Å². The lowest BCUT2D eigenvalue weighted by molar-refractivity contribution is -0.114. The molecule has 5 N–H and O–H groups in total. The van der Waals surface area contributed by atoms with Gasteiger partial charge in [0.1, 0.15) is 36.7 Å². The first-order valence-electron chi connectivity index (χ1n) is 21.6. The fraction of sp³-hybridized carbons (Fsp3) is 0.327. The maximum absolute atomic E-state index is 15.9. The second kappa shape index (κ2) is 24.9. The van der Waals surface area contributed by atoms with Crippen LogP contribution in [0.1, 0.15) is 82.9 Å². The maximum atomic E-state index is 15.9. The number of anilines is 1. The first-order chi connectivity index (χ1) is 33.6. The Balaban J connectivity index is 0.000000239. The van der Waals surface area contributed by atoms with E-state index in [0.29, 0.717) is 27.8 Å². The number of esters is 4. The molecule has 0 saturated carbocycles. The molecular weight excluding hydrogens is 957 g/mol. The summed E-state index contributed by atoms with van der Waals surface area (Å²) in [4.78, 5) is 77.9. The Morgan fingerprint density at radius 3 is 1.33 bits per heavy atom. The Bertz CT molecular complexity index is 2660. The van der Waals surface area contributed by atoms with Gasteiger partial charge in [-0.2, -0.15) is 4.98 Å². The lowest BCUT2D eigenvalue weighted by Crippen LogP contribution is -2.37. The number of aromatic nitrogens is 2. The fourth-order valence-electron chi connectivity index (χ4n) is 7.08. The molecule has 0 aliphatic carbocycles. The Hall–Kier alpha value is -6.49. The predicted octanol–water partition coefficient (Wildman–Crippen LogP) is 5.12. The number of hydrogen-bond donors (Lipinski definition) is 5. The Labute approximate surface area is 408 Å². The molecule has 4 aromatic carbocycles. The molecule has 5 aromatic rings. The molecule has 70 heavy (non-hydrogen) atoms. The second-order valence-electron chi connectivity index (χ2n) is 15.9. The number of aliphatic hydroxyl groups is 4. The van der Waals surface area contributed by atoms with E-state index in [1.807, 2.05) is 0 Å². The van der Waals surface area contributed by atoms with Crippen LogP contribution in [-0.2, 0) is 50.2 Å². The summed E-state index contributed by atoms with van der Waals surface area (Å²) in [5.41, 5.74) is 2.56. The van der Waals surface area contributed by atoms with Gasteiger partial charge in [-0.1, -0.05) is 55.5 Å². The Morgan fingerprint density at radius 1 is 0.586 bits per heavy atom. The fourth-order valence-corrected chi connectivity index (χ4v) is 9.90. The first kappa shape index (κ1) is 52.9. The third kappa shape index (κ3) is 13.6. The number of hydrogen-bond acceptors (Lipinski definition) is 17. The van der Waals surface area contributed by atoms with Crippen LogP contribution in [0, 0.1) is 0 Å². The van der Waals surface area contributed by atoms with E-state index >= 15 is 4.39 Å². The number of amides is 1. The molecule has 0 spiro atoms. The summed E-state index contributed by atoms with van der Waals surface area (Å²) in [7, 11) is 0. The SMILES string of the molecule is CC(=O)Nc1ccn([C@@H]2S[C@H](COC(=O)c3ccc(CO)cc3)[C@@H](OC(=O)c3ccc(CO)cc3)[C@@H]2F)c(=O)n1.C[C@H]1S[C@H](COC(=O)c2ccc(CO)cc2)[C@@H](OC(=O)c2ccc(CO)cc2)[C@@H]1F. The van der Waals surface area contributed by atoms with Crippen molar-refractivity contribution in [3.05, 3.63) is 164 Å². The van der Waals surface area contributed by atoms with E-state index in [-0.39, 0.29) is 62.1 Å². The molecule has 7 rings (SSSR count). The van der Waals surface area contributed by atoms with Gasteiger partial charge in [0, 0.05) is 18.4 Å². The largest absolute Gasteiger partial charge is 0.461 e. The van der Waals surface area contributed by atoms with Crippen molar-refractivity contribution in [3.8, 4) is 0 Å². The van der Waals surface area contributed by atoms with E-state index in [1.54, 1.807) is 55.5 Å². The van der Waals surface area contributed by atoms with E-state index in [2.05, 4.69) is 10.3 Å². The van der Waals surface area contributed by atoms with Crippen molar-refractivity contribution in [2.24, 2.45) is 0 Å². The molecule has 3 heterocycles. The van der Waals surface area contributed by atoms with Crippen LogP contribution in [0.5, 0.6) is 0 Å².